The van der Waals surface area contributed by atoms with E-state index in [0.29, 0.717) is 25.2 Å². The van der Waals surface area contributed by atoms with E-state index in [2.05, 4.69) is 0 Å². The van der Waals surface area contributed by atoms with E-state index < -0.39 is 12.6 Å². The lowest BCUT2D eigenvalue weighted by Crippen LogP contribution is -2.15. The van der Waals surface area contributed by atoms with Crippen LogP contribution < -0.4 is 5.73 Å². The van der Waals surface area contributed by atoms with E-state index >= 15 is 0 Å². The summed E-state index contributed by atoms with van der Waals surface area (Å²) in [6.45, 7) is 0.974. The summed E-state index contributed by atoms with van der Waals surface area (Å²) in [6.07, 6.45) is -2.81. The Labute approximate surface area is 103 Å². The number of hydrogen-bond donors (Lipinski definition) is 1. The molecule has 1 heterocycles. The maximum atomic E-state index is 12.6. The van der Waals surface area contributed by atoms with Crippen molar-refractivity contribution in [1.29, 1.82) is 0 Å². The first kappa shape index (κ1) is 13.0. The van der Waals surface area contributed by atoms with Gasteiger partial charge in [-0.2, -0.15) is 13.2 Å². The van der Waals surface area contributed by atoms with Crippen molar-refractivity contribution in [3.05, 3.63) is 35.4 Å². The van der Waals surface area contributed by atoms with Gasteiger partial charge in [-0.1, -0.05) is 18.2 Å². The van der Waals surface area contributed by atoms with Gasteiger partial charge in [-0.05, 0) is 29.2 Å². The molecule has 2 N–H and O–H groups in total. The molecule has 0 amide bonds. The maximum absolute atomic E-state index is 12.6. The SMILES string of the molecule is Nc1cccc(C2=CCOCC2)c1CC(F)(F)F. The van der Waals surface area contributed by atoms with Crippen LogP contribution in [-0.4, -0.2) is 19.4 Å². The molecule has 0 aliphatic carbocycles. The van der Waals surface area contributed by atoms with Crippen molar-refractivity contribution < 1.29 is 17.9 Å². The van der Waals surface area contributed by atoms with Gasteiger partial charge < -0.3 is 10.5 Å². The molecular weight excluding hydrogens is 243 g/mol. The highest BCUT2D eigenvalue weighted by Crippen LogP contribution is 2.32. The summed E-state index contributed by atoms with van der Waals surface area (Å²) in [5, 5.41) is 0. The van der Waals surface area contributed by atoms with Gasteiger partial charge in [0.1, 0.15) is 0 Å². The standard InChI is InChI=1S/C13H14F3NO/c14-13(15,16)8-11-10(2-1-3-12(11)17)9-4-6-18-7-5-9/h1-4H,5-8,17H2. The Bertz CT molecular complexity index is 466. The molecule has 0 radical (unpaired) electrons. The second kappa shape index (κ2) is 5.02. The van der Waals surface area contributed by atoms with Crippen LogP contribution in [0.25, 0.3) is 5.57 Å². The van der Waals surface area contributed by atoms with Gasteiger partial charge in [0.15, 0.2) is 0 Å². The fraction of sp³-hybridized carbons (Fsp3) is 0.385. The van der Waals surface area contributed by atoms with Crippen molar-refractivity contribution in [3.63, 3.8) is 0 Å². The lowest BCUT2D eigenvalue weighted by Gasteiger charge is -2.19. The van der Waals surface area contributed by atoms with Crippen LogP contribution in [0.1, 0.15) is 17.5 Å². The van der Waals surface area contributed by atoms with Gasteiger partial charge in [0, 0.05) is 5.69 Å². The van der Waals surface area contributed by atoms with Crippen LogP contribution in [0.4, 0.5) is 18.9 Å². The fourth-order valence-corrected chi connectivity index (χ4v) is 2.07. The first-order valence-electron chi connectivity index (χ1n) is 5.68. The minimum atomic E-state index is -4.25. The van der Waals surface area contributed by atoms with Gasteiger partial charge in [-0.25, -0.2) is 0 Å². The number of alkyl halides is 3. The smallest absolute Gasteiger partial charge is 0.393 e. The van der Waals surface area contributed by atoms with E-state index in [4.69, 9.17) is 10.5 Å². The number of benzene rings is 1. The van der Waals surface area contributed by atoms with E-state index in [-0.39, 0.29) is 11.3 Å². The van der Waals surface area contributed by atoms with Crippen LogP contribution in [-0.2, 0) is 11.2 Å². The molecule has 1 aromatic rings. The molecule has 2 rings (SSSR count). The minimum absolute atomic E-state index is 0.165. The van der Waals surface area contributed by atoms with Crippen LogP contribution in [0, 0.1) is 0 Å². The lowest BCUT2D eigenvalue weighted by atomic mass is 9.93. The average molecular weight is 257 g/mol. The van der Waals surface area contributed by atoms with E-state index in [1.165, 1.54) is 6.07 Å². The van der Waals surface area contributed by atoms with Crippen molar-refractivity contribution in [1.82, 2.24) is 0 Å². The second-order valence-corrected chi connectivity index (χ2v) is 4.22. The number of nitrogen functional groups attached to an aromatic ring is 1. The fourth-order valence-electron chi connectivity index (χ4n) is 2.07. The summed E-state index contributed by atoms with van der Waals surface area (Å²) in [5.74, 6) is 0. The quantitative estimate of drug-likeness (QED) is 0.826. The second-order valence-electron chi connectivity index (χ2n) is 4.22. The predicted molar refractivity (Wildman–Crippen MR) is 64.0 cm³/mol. The molecule has 5 heteroatoms. The molecule has 0 saturated heterocycles. The molecule has 0 spiro atoms. The Hall–Kier alpha value is -1.49. The number of anilines is 1. The van der Waals surface area contributed by atoms with Gasteiger partial charge in [0.2, 0.25) is 0 Å². The predicted octanol–water partition coefficient (Wildman–Crippen LogP) is 3.18. The molecule has 0 fully saturated rings. The molecule has 0 unspecified atom stereocenters. The summed E-state index contributed by atoms with van der Waals surface area (Å²) in [4.78, 5) is 0. The monoisotopic (exact) mass is 257 g/mol. The zero-order chi connectivity index (χ0) is 13.2. The summed E-state index contributed by atoms with van der Waals surface area (Å²) in [5.41, 5.74) is 7.51. The maximum Gasteiger partial charge on any atom is 0.393 e. The number of nitrogens with two attached hydrogens (primary N) is 1. The third kappa shape index (κ3) is 3.04. The summed E-state index contributed by atoms with van der Waals surface area (Å²) >= 11 is 0. The van der Waals surface area contributed by atoms with Crippen molar-refractivity contribution in [2.75, 3.05) is 18.9 Å². The highest BCUT2D eigenvalue weighted by molar-refractivity contribution is 5.73. The van der Waals surface area contributed by atoms with Gasteiger partial charge in [0.05, 0.1) is 19.6 Å². The van der Waals surface area contributed by atoms with Crippen LogP contribution in [0.15, 0.2) is 24.3 Å². The van der Waals surface area contributed by atoms with Crippen LogP contribution in [0.3, 0.4) is 0 Å². The highest BCUT2D eigenvalue weighted by Gasteiger charge is 2.30. The van der Waals surface area contributed by atoms with Crippen LogP contribution >= 0.6 is 0 Å². The largest absolute Gasteiger partial charge is 0.398 e. The number of hydrogen-bond acceptors (Lipinski definition) is 2. The normalized spacial score (nSPS) is 16.5. The van der Waals surface area contributed by atoms with Crippen molar-refractivity contribution in [2.45, 2.75) is 19.0 Å². The molecule has 0 aromatic heterocycles. The number of rotatable bonds is 2. The Kier molecular flexibility index (Phi) is 3.61. The zero-order valence-corrected chi connectivity index (χ0v) is 9.76. The molecular formula is C13H14F3NO. The highest BCUT2D eigenvalue weighted by atomic mass is 19.4. The van der Waals surface area contributed by atoms with E-state index in [0.717, 1.165) is 5.57 Å². The van der Waals surface area contributed by atoms with Crippen molar-refractivity contribution >= 4 is 11.3 Å². The molecule has 0 bridgehead atoms. The van der Waals surface area contributed by atoms with Gasteiger partial charge >= 0.3 is 6.18 Å². The lowest BCUT2D eigenvalue weighted by molar-refractivity contribution is -0.127. The summed E-state index contributed by atoms with van der Waals surface area (Å²) < 4.78 is 42.9. The molecule has 1 aliphatic heterocycles. The summed E-state index contributed by atoms with van der Waals surface area (Å²) in [7, 11) is 0. The number of halogens is 3. The number of ether oxygens (including phenoxy) is 1. The Morgan fingerprint density at radius 3 is 2.67 bits per heavy atom. The molecule has 0 saturated carbocycles. The summed E-state index contributed by atoms with van der Waals surface area (Å²) in [6, 6.07) is 4.87. The first-order chi connectivity index (χ1) is 8.47. The molecule has 18 heavy (non-hydrogen) atoms. The molecule has 1 aliphatic rings. The van der Waals surface area contributed by atoms with Gasteiger partial charge in [-0.3, -0.25) is 0 Å². The molecule has 98 valence electrons. The Morgan fingerprint density at radius 2 is 2.06 bits per heavy atom. The molecule has 1 aromatic carbocycles. The van der Waals surface area contributed by atoms with Gasteiger partial charge in [-0.15, -0.1) is 0 Å². The molecule has 2 nitrogen and oxygen atoms in total. The van der Waals surface area contributed by atoms with Gasteiger partial charge in [0.25, 0.3) is 0 Å². The van der Waals surface area contributed by atoms with E-state index in [1.807, 2.05) is 6.08 Å². The first-order valence-corrected chi connectivity index (χ1v) is 5.68. The molecule has 0 atom stereocenters. The zero-order valence-electron chi connectivity index (χ0n) is 9.76. The Morgan fingerprint density at radius 1 is 1.28 bits per heavy atom. The van der Waals surface area contributed by atoms with Crippen LogP contribution in [0.2, 0.25) is 0 Å². The third-order valence-corrected chi connectivity index (χ3v) is 2.90. The topological polar surface area (TPSA) is 35.2 Å². The van der Waals surface area contributed by atoms with E-state index in [1.54, 1.807) is 12.1 Å². The van der Waals surface area contributed by atoms with E-state index in [9.17, 15) is 13.2 Å². The average Bonchev–Trinajstić information content (AvgIpc) is 2.31. The third-order valence-electron chi connectivity index (χ3n) is 2.90. The minimum Gasteiger partial charge on any atom is -0.398 e. The Balaban J connectivity index is 2.40. The van der Waals surface area contributed by atoms with Crippen molar-refractivity contribution in [2.24, 2.45) is 0 Å². The van der Waals surface area contributed by atoms with Crippen molar-refractivity contribution in [3.8, 4) is 0 Å². The van der Waals surface area contributed by atoms with Crippen LogP contribution in [0.5, 0.6) is 0 Å².